The fourth-order valence-corrected chi connectivity index (χ4v) is 3.38. The normalized spacial score (nSPS) is 13.9. The SMILES string of the molecule is CCCC(=O)c1c(C)n(CC)c2cc3c(cc12)CNC3. The Bertz CT molecular complexity index is 682. The summed E-state index contributed by atoms with van der Waals surface area (Å²) in [5, 5.41) is 4.53. The first-order valence-electron chi connectivity index (χ1n) is 7.55. The summed E-state index contributed by atoms with van der Waals surface area (Å²) in [5.41, 5.74) is 6.00. The van der Waals surface area contributed by atoms with Crippen LogP contribution in [-0.4, -0.2) is 10.4 Å². The van der Waals surface area contributed by atoms with Gasteiger partial charge in [-0.1, -0.05) is 6.92 Å². The Hall–Kier alpha value is -1.61. The molecule has 1 aromatic carbocycles. The van der Waals surface area contributed by atoms with E-state index in [0.717, 1.165) is 42.7 Å². The molecule has 1 aromatic heterocycles. The van der Waals surface area contributed by atoms with Crippen LogP contribution >= 0.6 is 0 Å². The molecule has 3 heteroatoms. The maximum atomic E-state index is 12.5. The van der Waals surface area contributed by atoms with Crippen molar-refractivity contribution in [3.63, 3.8) is 0 Å². The van der Waals surface area contributed by atoms with E-state index in [9.17, 15) is 4.79 Å². The van der Waals surface area contributed by atoms with Gasteiger partial charge in [-0.15, -0.1) is 0 Å². The van der Waals surface area contributed by atoms with Crippen LogP contribution in [0.5, 0.6) is 0 Å². The van der Waals surface area contributed by atoms with E-state index in [4.69, 9.17) is 0 Å². The van der Waals surface area contributed by atoms with E-state index in [0.29, 0.717) is 6.42 Å². The molecule has 0 aliphatic carbocycles. The molecule has 1 aliphatic heterocycles. The molecular weight excluding hydrogens is 248 g/mol. The molecule has 2 aromatic rings. The summed E-state index contributed by atoms with van der Waals surface area (Å²) in [5.74, 6) is 0.285. The molecule has 0 radical (unpaired) electrons. The van der Waals surface area contributed by atoms with Gasteiger partial charge in [-0.05, 0) is 43.5 Å². The van der Waals surface area contributed by atoms with Crippen molar-refractivity contribution in [1.29, 1.82) is 0 Å². The van der Waals surface area contributed by atoms with Crippen molar-refractivity contribution in [2.45, 2.75) is 53.2 Å². The zero-order valence-electron chi connectivity index (χ0n) is 12.5. The van der Waals surface area contributed by atoms with E-state index in [1.807, 2.05) is 0 Å². The molecule has 0 saturated heterocycles. The fraction of sp³-hybridized carbons (Fsp3) is 0.471. The molecule has 3 nitrogen and oxygen atoms in total. The van der Waals surface area contributed by atoms with Crippen molar-refractivity contribution in [1.82, 2.24) is 9.88 Å². The maximum Gasteiger partial charge on any atom is 0.165 e. The van der Waals surface area contributed by atoms with Gasteiger partial charge in [-0.3, -0.25) is 4.79 Å². The summed E-state index contributed by atoms with van der Waals surface area (Å²) in [6.07, 6.45) is 1.54. The molecule has 2 heterocycles. The van der Waals surface area contributed by atoms with Gasteiger partial charge >= 0.3 is 0 Å². The minimum absolute atomic E-state index is 0.285. The quantitative estimate of drug-likeness (QED) is 0.862. The molecular formula is C17H22N2O. The van der Waals surface area contributed by atoms with Crippen molar-refractivity contribution >= 4 is 16.7 Å². The Morgan fingerprint density at radius 3 is 2.60 bits per heavy atom. The van der Waals surface area contributed by atoms with Gasteiger partial charge in [0.1, 0.15) is 0 Å². The van der Waals surface area contributed by atoms with Gasteiger partial charge in [0.05, 0.1) is 0 Å². The third-order valence-electron chi connectivity index (χ3n) is 4.35. The number of hydrogen-bond acceptors (Lipinski definition) is 2. The molecule has 0 fully saturated rings. The Labute approximate surface area is 120 Å². The van der Waals surface area contributed by atoms with Crippen molar-refractivity contribution in [2.24, 2.45) is 0 Å². The number of ketones is 1. The highest BCUT2D eigenvalue weighted by Gasteiger charge is 2.21. The van der Waals surface area contributed by atoms with Crippen molar-refractivity contribution < 1.29 is 4.79 Å². The molecule has 3 rings (SSSR count). The predicted molar refractivity (Wildman–Crippen MR) is 82.1 cm³/mol. The number of nitrogens with one attached hydrogen (secondary N) is 1. The standard InChI is InChI=1S/C17H22N2O/c1-4-6-16(20)17-11(3)19(5-2)15-8-13-10-18-9-12(13)7-14(15)17/h7-8,18H,4-6,9-10H2,1-3H3. The predicted octanol–water partition coefficient (Wildman–Crippen LogP) is 3.56. The zero-order chi connectivity index (χ0) is 14.3. The molecule has 0 atom stereocenters. The average molecular weight is 270 g/mol. The number of fused-ring (bicyclic) bond motifs is 2. The molecule has 0 unspecified atom stereocenters. The van der Waals surface area contributed by atoms with E-state index in [1.54, 1.807) is 0 Å². The van der Waals surface area contributed by atoms with Crippen LogP contribution in [0.2, 0.25) is 0 Å². The molecule has 20 heavy (non-hydrogen) atoms. The van der Waals surface area contributed by atoms with Crippen LogP contribution in [0.1, 0.15) is 53.9 Å². The summed E-state index contributed by atoms with van der Waals surface area (Å²) in [6, 6.07) is 4.50. The van der Waals surface area contributed by atoms with Crippen LogP contribution in [0.25, 0.3) is 10.9 Å². The number of carbonyl (C=O) groups excluding carboxylic acids is 1. The van der Waals surface area contributed by atoms with Gasteiger partial charge in [0.2, 0.25) is 0 Å². The minimum atomic E-state index is 0.285. The maximum absolute atomic E-state index is 12.5. The average Bonchev–Trinajstić information content (AvgIpc) is 2.97. The topological polar surface area (TPSA) is 34.0 Å². The lowest BCUT2D eigenvalue weighted by atomic mass is 10.0. The summed E-state index contributed by atoms with van der Waals surface area (Å²) in [6.45, 7) is 9.06. The van der Waals surface area contributed by atoms with Crippen LogP contribution < -0.4 is 5.32 Å². The molecule has 1 N–H and O–H groups in total. The summed E-state index contributed by atoms with van der Waals surface area (Å²) < 4.78 is 2.27. The number of aryl methyl sites for hydroxylation is 1. The number of nitrogens with zero attached hydrogens (tertiary/aromatic N) is 1. The van der Waals surface area contributed by atoms with Crippen molar-refractivity contribution in [2.75, 3.05) is 0 Å². The Balaban J connectivity index is 2.28. The zero-order valence-corrected chi connectivity index (χ0v) is 12.5. The van der Waals surface area contributed by atoms with Gasteiger partial charge < -0.3 is 9.88 Å². The highest BCUT2D eigenvalue weighted by Crippen LogP contribution is 2.31. The highest BCUT2D eigenvalue weighted by molar-refractivity contribution is 6.09. The second kappa shape index (κ2) is 5.06. The lowest BCUT2D eigenvalue weighted by molar-refractivity contribution is 0.0982. The van der Waals surface area contributed by atoms with Gasteiger partial charge in [0.25, 0.3) is 0 Å². The number of hydrogen-bond donors (Lipinski definition) is 1. The van der Waals surface area contributed by atoms with Crippen LogP contribution in [-0.2, 0) is 19.6 Å². The van der Waals surface area contributed by atoms with Crippen LogP contribution in [0, 0.1) is 6.92 Å². The van der Waals surface area contributed by atoms with E-state index in [1.165, 1.54) is 16.6 Å². The monoisotopic (exact) mass is 270 g/mol. The summed E-state index contributed by atoms with van der Waals surface area (Å²) >= 11 is 0. The first kappa shape index (κ1) is 13.4. The number of benzene rings is 1. The fourth-order valence-electron chi connectivity index (χ4n) is 3.38. The summed E-state index contributed by atoms with van der Waals surface area (Å²) in [7, 11) is 0. The molecule has 0 saturated carbocycles. The third-order valence-corrected chi connectivity index (χ3v) is 4.35. The van der Waals surface area contributed by atoms with E-state index < -0.39 is 0 Å². The number of aromatic nitrogens is 1. The Kier molecular flexibility index (Phi) is 3.38. The van der Waals surface area contributed by atoms with E-state index >= 15 is 0 Å². The molecule has 106 valence electrons. The first-order valence-corrected chi connectivity index (χ1v) is 7.55. The molecule has 1 aliphatic rings. The van der Waals surface area contributed by atoms with Crippen LogP contribution in [0.15, 0.2) is 12.1 Å². The van der Waals surface area contributed by atoms with Crippen LogP contribution in [0.4, 0.5) is 0 Å². The smallest absolute Gasteiger partial charge is 0.165 e. The van der Waals surface area contributed by atoms with Crippen molar-refractivity contribution in [3.05, 3.63) is 34.5 Å². The van der Waals surface area contributed by atoms with Gasteiger partial charge in [-0.25, -0.2) is 0 Å². The number of carbonyl (C=O) groups is 1. The Morgan fingerprint density at radius 1 is 1.25 bits per heavy atom. The number of rotatable bonds is 4. The lowest BCUT2D eigenvalue weighted by Gasteiger charge is -2.05. The lowest BCUT2D eigenvalue weighted by Crippen LogP contribution is -2.03. The summed E-state index contributed by atoms with van der Waals surface area (Å²) in [4.78, 5) is 12.5. The largest absolute Gasteiger partial charge is 0.344 e. The minimum Gasteiger partial charge on any atom is -0.344 e. The van der Waals surface area contributed by atoms with E-state index in [2.05, 4.69) is 42.8 Å². The van der Waals surface area contributed by atoms with Gasteiger partial charge in [-0.2, -0.15) is 0 Å². The van der Waals surface area contributed by atoms with Crippen molar-refractivity contribution in [3.8, 4) is 0 Å². The number of Topliss-reactive ketones (excluding diaryl/α,β-unsaturated/α-hetero) is 1. The molecule has 0 bridgehead atoms. The second-order valence-corrected chi connectivity index (χ2v) is 5.62. The molecule has 0 amide bonds. The highest BCUT2D eigenvalue weighted by atomic mass is 16.1. The van der Waals surface area contributed by atoms with E-state index in [-0.39, 0.29) is 5.78 Å². The Morgan fingerprint density at radius 2 is 1.95 bits per heavy atom. The van der Waals surface area contributed by atoms with Crippen LogP contribution in [0.3, 0.4) is 0 Å². The van der Waals surface area contributed by atoms with Gasteiger partial charge in [0, 0.05) is 48.2 Å². The molecule has 0 spiro atoms. The van der Waals surface area contributed by atoms with Gasteiger partial charge in [0.15, 0.2) is 5.78 Å². The first-order chi connectivity index (χ1) is 9.67. The second-order valence-electron chi connectivity index (χ2n) is 5.62. The third kappa shape index (κ3) is 1.88.